The normalized spacial score (nSPS) is 16.0. The molecule has 1 N–H and O–H groups in total. The standard InChI is InChI=1S/C21H24N4O/c26-21(17-7-2-1-3-8-17)20-15-19-16-24(12-6-13-25(19)23-20)14-10-18-9-4-5-11-22-18/h1-5,7-9,11,15,21,26H,6,10,12-14,16H2/t21-/m0/s1. The van der Waals surface area contributed by atoms with Gasteiger partial charge in [-0.15, -0.1) is 0 Å². The van der Waals surface area contributed by atoms with Gasteiger partial charge in [0.2, 0.25) is 0 Å². The number of aromatic nitrogens is 3. The zero-order chi connectivity index (χ0) is 17.8. The molecule has 0 amide bonds. The highest BCUT2D eigenvalue weighted by atomic mass is 16.3. The number of rotatable bonds is 5. The maximum Gasteiger partial charge on any atom is 0.123 e. The van der Waals surface area contributed by atoms with Crippen LogP contribution in [0, 0.1) is 0 Å². The van der Waals surface area contributed by atoms with Crippen LogP contribution in [0.1, 0.15) is 35.2 Å². The lowest BCUT2D eigenvalue weighted by atomic mass is 10.1. The van der Waals surface area contributed by atoms with Gasteiger partial charge < -0.3 is 5.11 Å². The molecule has 134 valence electrons. The predicted octanol–water partition coefficient (Wildman–Crippen LogP) is 2.81. The minimum atomic E-state index is -0.669. The largest absolute Gasteiger partial charge is 0.382 e. The summed E-state index contributed by atoms with van der Waals surface area (Å²) < 4.78 is 2.06. The second kappa shape index (κ2) is 7.81. The summed E-state index contributed by atoms with van der Waals surface area (Å²) in [5.41, 5.74) is 3.92. The van der Waals surface area contributed by atoms with Gasteiger partial charge >= 0.3 is 0 Å². The molecule has 0 unspecified atom stereocenters. The Morgan fingerprint density at radius 2 is 1.88 bits per heavy atom. The Labute approximate surface area is 153 Å². The van der Waals surface area contributed by atoms with Crippen molar-refractivity contribution < 1.29 is 5.11 Å². The van der Waals surface area contributed by atoms with E-state index in [-0.39, 0.29) is 0 Å². The summed E-state index contributed by atoms with van der Waals surface area (Å²) in [5, 5.41) is 15.3. The fourth-order valence-corrected chi connectivity index (χ4v) is 3.50. The zero-order valence-electron chi connectivity index (χ0n) is 14.8. The zero-order valence-corrected chi connectivity index (χ0v) is 14.8. The second-order valence-electron chi connectivity index (χ2n) is 6.80. The van der Waals surface area contributed by atoms with Gasteiger partial charge in [-0.2, -0.15) is 5.10 Å². The van der Waals surface area contributed by atoms with Crippen LogP contribution >= 0.6 is 0 Å². The maximum absolute atomic E-state index is 10.6. The molecule has 0 fully saturated rings. The number of pyridine rings is 1. The van der Waals surface area contributed by atoms with Gasteiger partial charge in [0.1, 0.15) is 6.10 Å². The third-order valence-electron chi connectivity index (χ3n) is 4.92. The van der Waals surface area contributed by atoms with Crippen molar-refractivity contribution in [1.29, 1.82) is 0 Å². The highest BCUT2D eigenvalue weighted by molar-refractivity contribution is 5.26. The fraction of sp³-hybridized carbons (Fsp3) is 0.333. The van der Waals surface area contributed by atoms with Crippen LogP contribution in [0.15, 0.2) is 60.8 Å². The highest BCUT2D eigenvalue weighted by Crippen LogP contribution is 2.23. The van der Waals surface area contributed by atoms with Gasteiger partial charge in [0.05, 0.1) is 11.4 Å². The van der Waals surface area contributed by atoms with Crippen molar-refractivity contribution in [3.63, 3.8) is 0 Å². The molecule has 1 aromatic carbocycles. The lowest BCUT2D eigenvalue weighted by Crippen LogP contribution is -2.26. The number of benzene rings is 1. The van der Waals surface area contributed by atoms with Gasteiger partial charge in [-0.3, -0.25) is 14.6 Å². The van der Waals surface area contributed by atoms with Gasteiger partial charge in [0.25, 0.3) is 0 Å². The lowest BCUT2D eigenvalue weighted by molar-refractivity contribution is 0.213. The average molecular weight is 348 g/mol. The Morgan fingerprint density at radius 3 is 2.69 bits per heavy atom. The van der Waals surface area contributed by atoms with E-state index >= 15 is 0 Å². The highest BCUT2D eigenvalue weighted by Gasteiger charge is 2.20. The molecule has 5 nitrogen and oxygen atoms in total. The van der Waals surface area contributed by atoms with Crippen LogP contribution in [0.2, 0.25) is 0 Å². The lowest BCUT2D eigenvalue weighted by Gasteiger charge is -2.19. The van der Waals surface area contributed by atoms with E-state index in [4.69, 9.17) is 0 Å². The first kappa shape index (κ1) is 16.9. The Bertz CT molecular complexity index is 832. The topological polar surface area (TPSA) is 54.2 Å². The second-order valence-corrected chi connectivity index (χ2v) is 6.80. The van der Waals surface area contributed by atoms with Crippen LogP contribution in [-0.2, 0) is 19.5 Å². The molecular formula is C21H24N4O. The molecule has 5 heteroatoms. The van der Waals surface area contributed by atoms with Crippen molar-refractivity contribution in [2.24, 2.45) is 0 Å². The van der Waals surface area contributed by atoms with Gasteiger partial charge in [-0.05, 0) is 30.2 Å². The Morgan fingerprint density at radius 1 is 1.04 bits per heavy atom. The molecule has 0 bridgehead atoms. The summed E-state index contributed by atoms with van der Waals surface area (Å²) in [7, 11) is 0. The smallest absolute Gasteiger partial charge is 0.123 e. The Kier molecular flexibility index (Phi) is 5.09. The third kappa shape index (κ3) is 3.84. The Hall–Kier alpha value is -2.50. The third-order valence-corrected chi connectivity index (χ3v) is 4.92. The summed E-state index contributed by atoms with van der Waals surface area (Å²) in [4.78, 5) is 6.87. The number of aliphatic hydroxyl groups excluding tert-OH is 1. The molecule has 26 heavy (non-hydrogen) atoms. The first-order chi connectivity index (χ1) is 12.8. The molecule has 1 aliphatic rings. The van der Waals surface area contributed by atoms with Gasteiger partial charge in [0, 0.05) is 44.5 Å². The summed E-state index contributed by atoms with van der Waals surface area (Å²) in [6, 6.07) is 17.8. The van der Waals surface area contributed by atoms with Gasteiger partial charge in [-0.25, -0.2) is 0 Å². The fourth-order valence-electron chi connectivity index (χ4n) is 3.50. The molecule has 2 aromatic heterocycles. The quantitative estimate of drug-likeness (QED) is 0.770. The SMILES string of the molecule is O[C@@H](c1ccccc1)c1cc2n(n1)CCCN(CCc1ccccn1)C2. The van der Waals surface area contributed by atoms with Crippen LogP contribution in [0.25, 0.3) is 0 Å². The van der Waals surface area contributed by atoms with Crippen molar-refractivity contribution in [2.45, 2.75) is 32.0 Å². The summed E-state index contributed by atoms with van der Waals surface area (Å²) in [6.45, 7) is 3.81. The van der Waals surface area contributed by atoms with Crippen LogP contribution in [0.4, 0.5) is 0 Å². The van der Waals surface area contributed by atoms with E-state index in [9.17, 15) is 5.11 Å². The minimum absolute atomic E-state index is 0.669. The average Bonchev–Trinajstić information content (AvgIpc) is 2.99. The van der Waals surface area contributed by atoms with E-state index in [0.717, 1.165) is 56.0 Å². The van der Waals surface area contributed by atoms with E-state index in [2.05, 4.69) is 31.8 Å². The molecule has 0 radical (unpaired) electrons. The number of hydrogen-bond acceptors (Lipinski definition) is 4. The molecule has 3 heterocycles. The van der Waals surface area contributed by atoms with Crippen molar-refractivity contribution in [3.05, 3.63) is 83.4 Å². The van der Waals surface area contributed by atoms with Crippen LogP contribution in [-0.4, -0.2) is 37.9 Å². The van der Waals surface area contributed by atoms with E-state index in [0.29, 0.717) is 0 Å². The van der Waals surface area contributed by atoms with Crippen molar-refractivity contribution in [1.82, 2.24) is 19.7 Å². The maximum atomic E-state index is 10.6. The molecule has 1 atom stereocenters. The molecule has 4 rings (SSSR count). The number of aliphatic hydroxyl groups is 1. The number of fused-ring (bicyclic) bond motifs is 1. The van der Waals surface area contributed by atoms with Crippen molar-refractivity contribution in [2.75, 3.05) is 13.1 Å². The summed E-state index contributed by atoms with van der Waals surface area (Å²) in [5.74, 6) is 0. The predicted molar refractivity (Wildman–Crippen MR) is 101 cm³/mol. The minimum Gasteiger partial charge on any atom is -0.382 e. The molecule has 0 aliphatic carbocycles. The number of hydrogen-bond donors (Lipinski definition) is 1. The van der Waals surface area contributed by atoms with Crippen LogP contribution in [0.3, 0.4) is 0 Å². The van der Waals surface area contributed by atoms with Gasteiger partial charge in [-0.1, -0.05) is 36.4 Å². The van der Waals surface area contributed by atoms with Gasteiger partial charge in [0.15, 0.2) is 0 Å². The summed E-state index contributed by atoms with van der Waals surface area (Å²) >= 11 is 0. The molecule has 0 saturated heterocycles. The van der Waals surface area contributed by atoms with Crippen LogP contribution in [0.5, 0.6) is 0 Å². The molecule has 0 spiro atoms. The van der Waals surface area contributed by atoms with Crippen LogP contribution < -0.4 is 0 Å². The first-order valence-electron chi connectivity index (χ1n) is 9.21. The summed E-state index contributed by atoms with van der Waals surface area (Å²) in [6.07, 6.45) is 3.20. The van der Waals surface area contributed by atoms with E-state index in [1.165, 1.54) is 5.69 Å². The van der Waals surface area contributed by atoms with Crippen molar-refractivity contribution >= 4 is 0 Å². The first-order valence-corrected chi connectivity index (χ1v) is 9.21. The molecule has 3 aromatic rings. The Balaban J connectivity index is 1.45. The van der Waals surface area contributed by atoms with E-state index < -0.39 is 6.10 Å². The molecule has 1 aliphatic heterocycles. The van der Waals surface area contributed by atoms with E-state index in [1.807, 2.05) is 48.7 Å². The van der Waals surface area contributed by atoms with E-state index in [1.54, 1.807) is 0 Å². The number of nitrogens with zero attached hydrogens (tertiary/aromatic N) is 4. The molecular weight excluding hydrogens is 324 g/mol. The van der Waals surface area contributed by atoms with Crippen molar-refractivity contribution in [3.8, 4) is 0 Å². The monoisotopic (exact) mass is 348 g/mol. The molecule has 0 saturated carbocycles. The number of aryl methyl sites for hydroxylation is 1.